The Morgan fingerprint density at radius 1 is 1.12 bits per heavy atom. The van der Waals surface area contributed by atoms with Crippen LogP contribution < -0.4 is 11.1 Å². The molecule has 1 aromatic heterocycles. The molecular weight excluding hydrogens is 310 g/mol. The van der Waals surface area contributed by atoms with Crippen LogP contribution in [0.1, 0.15) is 42.2 Å². The van der Waals surface area contributed by atoms with E-state index in [2.05, 4.69) is 36.3 Å². The van der Waals surface area contributed by atoms with Gasteiger partial charge < -0.3 is 11.1 Å². The van der Waals surface area contributed by atoms with Gasteiger partial charge in [0.05, 0.1) is 23.4 Å². The molecule has 4 nitrogen and oxygen atoms in total. The zero-order chi connectivity index (χ0) is 17.8. The van der Waals surface area contributed by atoms with Crippen molar-refractivity contribution in [2.45, 2.75) is 26.3 Å². The summed E-state index contributed by atoms with van der Waals surface area (Å²) < 4.78 is 0. The van der Waals surface area contributed by atoms with Crippen LogP contribution in [0.5, 0.6) is 0 Å². The van der Waals surface area contributed by atoms with Gasteiger partial charge in [0.2, 0.25) is 5.91 Å². The Balaban J connectivity index is 1.87. The van der Waals surface area contributed by atoms with E-state index in [4.69, 9.17) is 5.73 Å². The summed E-state index contributed by atoms with van der Waals surface area (Å²) in [5, 5.41) is 4.70. The second-order valence-electron chi connectivity index (χ2n) is 6.73. The van der Waals surface area contributed by atoms with Crippen LogP contribution in [0.25, 0.3) is 10.9 Å². The largest absolute Gasteiger partial charge is 0.377 e. The molecular formula is C21H23N3O. The third-order valence-corrected chi connectivity index (χ3v) is 4.24. The highest BCUT2D eigenvalue weighted by Gasteiger charge is 2.14. The molecule has 25 heavy (non-hydrogen) atoms. The lowest BCUT2D eigenvalue weighted by atomic mass is 9.96. The fraction of sp³-hybridized carbons (Fsp3) is 0.238. The standard InChI is InChI=1S/C21H23N3O/c1-14(2)11-20(15-7-9-16(10-8-15)21(22)25)24-18-12-17-5-3-4-6-19(17)23-13-18/h3-10,12-14,20,24H,11H2,1-2H3,(H2,22,25). The normalized spacial score (nSPS) is 12.3. The molecule has 3 N–H and O–H groups in total. The maximum atomic E-state index is 11.3. The van der Waals surface area contributed by atoms with Crippen molar-refractivity contribution in [2.24, 2.45) is 11.7 Å². The molecule has 128 valence electrons. The second kappa shape index (κ2) is 7.34. The summed E-state index contributed by atoms with van der Waals surface area (Å²) in [4.78, 5) is 15.8. The second-order valence-corrected chi connectivity index (χ2v) is 6.73. The number of carbonyl (C=O) groups excluding carboxylic acids is 1. The Kier molecular flexibility index (Phi) is 4.98. The number of nitrogens with zero attached hydrogens (tertiary/aromatic N) is 1. The minimum atomic E-state index is -0.404. The van der Waals surface area contributed by atoms with Gasteiger partial charge in [-0.2, -0.15) is 0 Å². The number of fused-ring (bicyclic) bond motifs is 1. The van der Waals surface area contributed by atoms with E-state index >= 15 is 0 Å². The number of hydrogen-bond donors (Lipinski definition) is 2. The van der Waals surface area contributed by atoms with Crippen LogP contribution in [0.15, 0.2) is 60.8 Å². The summed E-state index contributed by atoms with van der Waals surface area (Å²) in [6.45, 7) is 4.40. The van der Waals surface area contributed by atoms with Crippen molar-refractivity contribution in [1.82, 2.24) is 4.98 Å². The first-order chi connectivity index (χ1) is 12.0. The van der Waals surface area contributed by atoms with Gasteiger partial charge in [0.1, 0.15) is 0 Å². The van der Waals surface area contributed by atoms with Crippen molar-refractivity contribution < 1.29 is 4.79 Å². The molecule has 3 aromatic rings. The highest BCUT2D eigenvalue weighted by Crippen LogP contribution is 2.27. The first kappa shape index (κ1) is 17.0. The predicted octanol–water partition coefficient (Wildman–Crippen LogP) is 4.53. The summed E-state index contributed by atoms with van der Waals surface area (Å²) in [7, 11) is 0. The summed E-state index contributed by atoms with van der Waals surface area (Å²) in [6, 6.07) is 17.8. The fourth-order valence-corrected chi connectivity index (χ4v) is 2.98. The van der Waals surface area contributed by atoms with E-state index in [-0.39, 0.29) is 6.04 Å². The van der Waals surface area contributed by atoms with Crippen LogP contribution in [-0.4, -0.2) is 10.9 Å². The summed E-state index contributed by atoms with van der Waals surface area (Å²) in [6.07, 6.45) is 2.84. The van der Waals surface area contributed by atoms with Gasteiger partial charge in [0.15, 0.2) is 0 Å². The molecule has 0 radical (unpaired) electrons. The molecule has 0 saturated carbocycles. The highest BCUT2D eigenvalue weighted by atomic mass is 16.1. The average molecular weight is 333 g/mol. The van der Waals surface area contributed by atoms with E-state index in [1.54, 1.807) is 12.1 Å². The predicted molar refractivity (Wildman–Crippen MR) is 103 cm³/mol. The number of anilines is 1. The third-order valence-electron chi connectivity index (χ3n) is 4.24. The molecule has 0 spiro atoms. The molecule has 4 heteroatoms. The number of benzene rings is 2. The zero-order valence-corrected chi connectivity index (χ0v) is 14.6. The van der Waals surface area contributed by atoms with Gasteiger partial charge in [-0.15, -0.1) is 0 Å². The molecule has 3 rings (SSSR count). The van der Waals surface area contributed by atoms with Crippen molar-refractivity contribution in [3.8, 4) is 0 Å². The molecule has 0 bridgehead atoms. The number of nitrogens with one attached hydrogen (secondary N) is 1. The molecule has 0 aliphatic carbocycles. The summed E-state index contributed by atoms with van der Waals surface area (Å²) in [5.41, 5.74) is 8.97. The van der Waals surface area contributed by atoms with Gasteiger partial charge in [0, 0.05) is 10.9 Å². The van der Waals surface area contributed by atoms with E-state index in [1.165, 1.54) is 0 Å². The lowest BCUT2D eigenvalue weighted by Crippen LogP contribution is -2.15. The van der Waals surface area contributed by atoms with Crippen molar-refractivity contribution in [3.63, 3.8) is 0 Å². The van der Waals surface area contributed by atoms with E-state index in [9.17, 15) is 4.79 Å². The third kappa shape index (κ3) is 4.15. The van der Waals surface area contributed by atoms with E-state index < -0.39 is 5.91 Å². The first-order valence-corrected chi connectivity index (χ1v) is 8.54. The number of hydrogen-bond acceptors (Lipinski definition) is 3. The van der Waals surface area contributed by atoms with Crippen LogP contribution in [0, 0.1) is 5.92 Å². The van der Waals surface area contributed by atoms with Crippen molar-refractivity contribution >= 4 is 22.5 Å². The molecule has 0 aliphatic heterocycles. The van der Waals surface area contributed by atoms with Gasteiger partial charge in [0.25, 0.3) is 0 Å². The van der Waals surface area contributed by atoms with Gasteiger partial charge in [-0.3, -0.25) is 9.78 Å². The Morgan fingerprint density at radius 3 is 2.52 bits per heavy atom. The molecule has 0 fully saturated rings. The van der Waals surface area contributed by atoms with Crippen molar-refractivity contribution in [3.05, 3.63) is 71.9 Å². The maximum Gasteiger partial charge on any atom is 0.248 e. The smallest absolute Gasteiger partial charge is 0.248 e. The summed E-state index contributed by atoms with van der Waals surface area (Å²) in [5.74, 6) is 0.125. The SMILES string of the molecule is CC(C)CC(Nc1cnc2ccccc2c1)c1ccc(C(N)=O)cc1. The van der Waals surface area contributed by atoms with Crippen LogP contribution >= 0.6 is 0 Å². The lowest BCUT2D eigenvalue weighted by molar-refractivity contribution is 0.100. The quantitative estimate of drug-likeness (QED) is 0.696. The van der Waals surface area contributed by atoms with Crippen LogP contribution in [0.4, 0.5) is 5.69 Å². The number of nitrogens with two attached hydrogens (primary N) is 1. The van der Waals surface area contributed by atoms with Gasteiger partial charge >= 0.3 is 0 Å². The Bertz CT molecular complexity index is 872. The number of pyridine rings is 1. The fourth-order valence-electron chi connectivity index (χ4n) is 2.98. The first-order valence-electron chi connectivity index (χ1n) is 8.54. The Morgan fingerprint density at radius 2 is 1.84 bits per heavy atom. The van der Waals surface area contributed by atoms with Crippen molar-refractivity contribution in [2.75, 3.05) is 5.32 Å². The maximum absolute atomic E-state index is 11.3. The van der Waals surface area contributed by atoms with E-state index in [0.717, 1.165) is 28.6 Å². The molecule has 1 amide bonds. The van der Waals surface area contributed by atoms with E-state index in [0.29, 0.717) is 11.5 Å². The number of aromatic nitrogens is 1. The van der Waals surface area contributed by atoms with Crippen LogP contribution in [0.3, 0.4) is 0 Å². The number of para-hydroxylation sites is 1. The van der Waals surface area contributed by atoms with Gasteiger partial charge in [-0.25, -0.2) is 0 Å². The monoisotopic (exact) mass is 333 g/mol. The van der Waals surface area contributed by atoms with Crippen LogP contribution in [-0.2, 0) is 0 Å². The Labute approximate surface area is 148 Å². The average Bonchev–Trinajstić information content (AvgIpc) is 2.61. The lowest BCUT2D eigenvalue weighted by Gasteiger charge is -2.22. The summed E-state index contributed by atoms with van der Waals surface area (Å²) >= 11 is 0. The molecule has 0 aliphatic rings. The van der Waals surface area contributed by atoms with Gasteiger partial charge in [-0.05, 0) is 42.2 Å². The van der Waals surface area contributed by atoms with Gasteiger partial charge in [-0.1, -0.05) is 44.2 Å². The minimum Gasteiger partial charge on any atom is -0.377 e. The molecule has 1 unspecified atom stereocenters. The molecule has 2 aromatic carbocycles. The van der Waals surface area contributed by atoms with Crippen molar-refractivity contribution in [1.29, 1.82) is 0 Å². The zero-order valence-electron chi connectivity index (χ0n) is 14.6. The molecule has 1 atom stereocenters. The van der Waals surface area contributed by atoms with Crippen LogP contribution in [0.2, 0.25) is 0 Å². The molecule has 0 saturated heterocycles. The minimum absolute atomic E-state index is 0.143. The number of amides is 1. The number of rotatable bonds is 6. The Hall–Kier alpha value is -2.88. The highest BCUT2D eigenvalue weighted by molar-refractivity contribution is 5.92. The molecule has 1 heterocycles. The topological polar surface area (TPSA) is 68.0 Å². The van der Waals surface area contributed by atoms with E-state index in [1.807, 2.05) is 36.5 Å². The number of primary amides is 1. The number of carbonyl (C=O) groups is 1.